The lowest BCUT2D eigenvalue weighted by molar-refractivity contribution is -0.142. The summed E-state index contributed by atoms with van der Waals surface area (Å²) in [5.41, 5.74) is 3.12. The normalized spacial score (nSPS) is 17.9. The van der Waals surface area contributed by atoms with Crippen LogP contribution in [0.3, 0.4) is 0 Å². The number of benzene rings is 3. The fourth-order valence-corrected chi connectivity index (χ4v) is 4.95. The first-order valence-corrected chi connectivity index (χ1v) is 11.9. The van der Waals surface area contributed by atoms with Gasteiger partial charge in [-0.1, -0.05) is 91.0 Å². The van der Waals surface area contributed by atoms with Gasteiger partial charge in [0.05, 0.1) is 11.8 Å². The number of carboxylic acids is 1. The fraction of sp³-hybridized carbons (Fsp3) is 0.310. The zero-order chi connectivity index (χ0) is 23.9. The van der Waals surface area contributed by atoms with Gasteiger partial charge in [-0.25, -0.2) is 0 Å². The lowest BCUT2D eigenvalue weighted by Crippen LogP contribution is -2.42. The van der Waals surface area contributed by atoms with Crippen LogP contribution in [0.4, 0.5) is 0 Å². The highest BCUT2D eigenvalue weighted by atomic mass is 16.4. The van der Waals surface area contributed by atoms with Gasteiger partial charge in [0, 0.05) is 19.1 Å². The van der Waals surface area contributed by atoms with Crippen LogP contribution >= 0.6 is 0 Å². The van der Waals surface area contributed by atoms with E-state index in [4.69, 9.17) is 0 Å². The molecule has 5 nitrogen and oxygen atoms in total. The zero-order valence-electron chi connectivity index (χ0n) is 19.6. The van der Waals surface area contributed by atoms with Crippen molar-refractivity contribution in [2.75, 3.05) is 26.7 Å². The number of rotatable bonds is 9. The van der Waals surface area contributed by atoms with E-state index in [0.717, 1.165) is 30.5 Å². The van der Waals surface area contributed by atoms with E-state index in [1.54, 1.807) is 4.90 Å². The van der Waals surface area contributed by atoms with E-state index in [1.807, 2.05) is 85.9 Å². The molecule has 0 aromatic heterocycles. The summed E-state index contributed by atoms with van der Waals surface area (Å²) in [5.74, 6) is -1.92. The molecule has 1 N–H and O–H groups in total. The number of amides is 1. The van der Waals surface area contributed by atoms with Gasteiger partial charge in [0.2, 0.25) is 5.91 Å². The van der Waals surface area contributed by atoms with Gasteiger partial charge >= 0.3 is 5.97 Å². The summed E-state index contributed by atoms with van der Waals surface area (Å²) in [4.78, 5) is 29.8. The minimum atomic E-state index is -0.841. The van der Waals surface area contributed by atoms with Crippen LogP contribution in [0.5, 0.6) is 0 Å². The molecular formula is C29H32N2O3. The van der Waals surface area contributed by atoms with Crippen molar-refractivity contribution in [2.24, 2.45) is 5.92 Å². The van der Waals surface area contributed by atoms with E-state index in [9.17, 15) is 14.7 Å². The van der Waals surface area contributed by atoms with Crippen LogP contribution in [-0.4, -0.2) is 59.5 Å². The van der Waals surface area contributed by atoms with Crippen LogP contribution in [0.15, 0.2) is 91.0 Å². The molecule has 1 saturated heterocycles. The van der Waals surface area contributed by atoms with Gasteiger partial charge in [0.15, 0.2) is 0 Å². The van der Waals surface area contributed by atoms with Crippen molar-refractivity contribution in [3.05, 3.63) is 108 Å². The Kier molecular flexibility index (Phi) is 7.76. The summed E-state index contributed by atoms with van der Waals surface area (Å²) in [6.07, 6.45) is 1.89. The van der Waals surface area contributed by atoms with E-state index in [-0.39, 0.29) is 18.5 Å². The lowest BCUT2D eigenvalue weighted by Gasteiger charge is -2.28. The number of likely N-dealkylation sites (N-methyl/N-ethyl adjacent to an activating group) is 1. The number of carbonyl (C=O) groups is 2. The second-order valence-corrected chi connectivity index (χ2v) is 9.08. The number of hydrogen-bond donors (Lipinski definition) is 1. The Labute approximate surface area is 201 Å². The quantitative estimate of drug-likeness (QED) is 0.522. The van der Waals surface area contributed by atoms with Crippen LogP contribution in [-0.2, 0) is 16.0 Å². The molecule has 1 amide bonds. The van der Waals surface area contributed by atoms with Gasteiger partial charge in [-0.2, -0.15) is 0 Å². The highest BCUT2D eigenvalue weighted by molar-refractivity contribution is 5.88. The summed E-state index contributed by atoms with van der Waals surface area (Å²) in [7, 11) is 1.98. The minimum Gasteiger partial charge on any atom is -0.481 e. The molecule has 1 aliphatic rings. The average molecular weight is 457 g/mol. The van der Waals surface area contributed by atoms with E-state index in [0.29, 0.717) is 6.54 Å². The Balaban J connectivity index is 1.49. The van der Waals surface area contributed by atoms with Crippen LogP contribution in [0, 0.1) is 5.92 Å². The maximum Gasteiger partial charge on any atom is 0.309 e. The minimum absolute atomic E-state index is 0.0381. The third-order valence-corrected chi connectivity index (χ3v) is 6.82. The molecule has 2 atom stereocenters. The predicted molar refractivity (Wildman–Crippen MR) is 134 cm³/mol. The Bertz CT molecular complexity index is 1030. The molecule has 5 heteroatoms. The van der Waals surface area contributed by atoms with Crippen LogP contribution in [0.1, 0.15) is 29.0 Å². The predicted octanol–water partition coefficient (Wildman–Crippen LogP) is 4.29. The number of aryl methyl sites for hydroxylation is 1. The summed E-state index contributed by atoms with van der Waals surface area (Å²) >= 11 is 0. The van der Waals surface area contributed by atoms with Crippen molar-refractivity contribution in [3.63, 3.8) is 0 Å². The van der Waals surface area contributed by atoms with Crippen molar-refractivity contribution in [1.29, 1.82) is 0 Å². The Morgan fingerprint density at radius 2 is 1.41 bits per heavy atom. The Hall–Kier alpha value is -3.44. The Morgan fingerprint density at radius 1 is 0.882 bits per heavy atom. The molecule has 0 saturated carbocycles. The number of carboxylic acid groups (broad SMARTS) is 1. The second kappa shape index (κ2) is 11.1. The first-order valence-electron chi connectivity index (χ1n) is 11.9. The van der Waals surface area contributed by atoms with Gasteiger partial charge in [-0.05, 0) is 43.1 Å². The van der Waals surface area contributed by atoms with Gasteiger partial charge < -0.3 is 14.9 Å². The standard InChI is InChI=1S/C29H32N2O3/c1-30(19-11-14-22-12-5-2-6-13-22)26-21-31(20-25(26)29(33)34)28(32)27(23-15-7-3-8-16-23)24-17-9-4-10-18-24/h2-10,12-13,15-18,25-27H,11,14,19-21H2,1H3,(H,33,34)/t25-,26?/m0/s1. The molecule has 0 aliphatic carbocycles. The molecular weight excluding hydrogens is 424 g/mol. The number of nitrogens with zero attached hydrogens (tertiary/aromatic N) is 2. The van der Waals surface area contributed by atoms with Gasteiger partial charge in [0.1, 0.15) is 0 Å². The number of hydrogen-bond acceptors (Lipinski definition) is 3. The molecule has 3 aromatic carbocycles. The first kappa shape index (κ1) is 23.7. The van der Waals surface area contributed by atoms with E-state index in [1.165, 1.54) is 5.56 Å². The Morgan fingerprint density at radius 3 is 1.94 bits per heavy atom. The van der Waals surface area contributed by atoms with E-state index in [2.05, 4.69) is 17.0 Å². The third kappa shape index (κ3) is 5.54. The topological polar surface area (TPSA) is 60.9 Å². The largest absolute Gasteiger partial charge is 0.481 e. The number of aliphatic carboxylic acids is 1. The first-order chi connectivity index (χ1) is 16.5. The highest BCUT2D eigenvalue weighted by Crippen LogP contribution is 2.31. The molecule has 176 valence electrons. The van der Waals surface area contributed by atoms with Crippen molar-refractivity contribution in [1.82, 2.24) is 9.80 Å². The molecule has 0 radical (unpaired) electrons. The van der Waals surface area contributed by atoms with Crippen molar-refractivity contribution >= 4 is 11.9 Å². The van der Waals surface area contributed by atoms with Crippen LogP contribution in [0.2, 0.25) is 0 Å². The van der Waals surface area contributed by atoms with Crippen LogP contribution in [0.25, 0.3) is 0 Å². The molecule has 1 aliphatic heterocycles. The molecule has 0 spiro atoms. The van der Waals surface area contributed by atoms with Gasteiger partial charge in [-0.3, -0.25) is 9.59 Å². The zero-order valence-corrected chi connectivity index (χ0v) is 19.6. The molecule has 4 rings (SSSR count). The summed E-state index contributed by atoms with van der Waals surface area (Å²) in [6.45, 7) is 1.44. The molecule has 1 heterocycles. The van der Waals surface area contributed by atoms with Gasteiger partial charge in [-0.15, -0.1) is 0 Å². The van der Waals surface area contributed by atoms with Gasteiger partial charge in [0.25, 0.3) is 0 Å². The maximum absolute atomic E-state index is 13.8. The average Bonchev–Trinajstić information content (AvgIpc) is 3.32. The van der Waals surface area contributed by atoms with E-state index < -0.39 is 17.8 Å². The smallest absolute Gasteiger partial charge is 0.309 e. The number of likely N-dealkylation sites (tertiary alicyclic amines) is 1. The molecule has 34 heavy (non-hydrogen) atoms. The molecule has 0 bridgehead atoms. The SMILES string of the molecule is CN(CCCc1ccccc1)C1CN(C(=O)C(c2ccccc2)c2ccccc2)C[C@@H]1C(=O)O. The van der Waals surface area contributed by atoms with E-state index >= 15 is 0 Å². The summed E-state index contributed by atoms with van der Waals surface area (Å²) < 4.78 is 0. The maximum atomic E-state index is 13.8. The highest BCUT2D eigenvalue weighted by Gasteiger charge is 2.43. The molecule has 1 unspecified atom stereocenters. The monoisotopic (exact) mass is 456 g/mol. The second-order valence-electron chi connectivity index (χ2n) is 9.08. The van der Waals surface area contributed by atoms with Crippen LogP contribution < -0.4 is 0 Å². The number of carbonyl (C=O) groups excluding carboxylic acids is 1. The lowest BCUT2D eigenvalue weighted by atomic mass is 9.90. The summed E-state index contributed by atoms with van der Waals surface area (Å²) in [6, 6.07) is 29.6. The van der Waals surface area contributed by atoms with Crippen molar-refractivity contribution in [2.45, 2.75) is 24.8 Å². The summed E-state index contributed by atoms with van der Waals surface area (Å²) in [5, 5.41) is 9.94. The molecule has 3 aromatic rings. The third-order valence-electron chi connectivity index (χ3n) is 6.82. The van der Waals surface area contributed by atoms with Crippen molar-refractivity contribution < 1.29 is 14.7 Å². The fourth-order valence-electron chi connectivity index (χ4n) is 4.95. The molecule has 1 fully saturated rings. The van der Waals surface area contributed by atoms with Crippen molar-refractivity contribution in [3.8, 4) is 0 Å².